The molecule has 0 fully saturated rings. The smallest absolute Gasteiger partial charge is 0.305 e. The van der Waals surface area contributed by atoms with Crippen LogP contribution in [-0.2, 0) is 9.53 Å². The van der Waals surface area contributed by atoms with Gasteiger partial charge < -0.3 is 4.74 Å². The van der Waals surface area contributed by atoms with E-state index in [1.165, 1.54) is 11.1 Å². The summed E-state index contributed by atoms with van der Waals surface area (Å²) < 4.78 is 4.96. The maximum Gasteiger partial charge on any atom is 0.305 e. The lowest BCUT2D eigenvalue weighted by Gasteiger charge is -2.18. The van der Waals surface area contributed by atoms with Crippen LogP contribution >= 0.6 is 0 Å². The van der Waals surface area contributed by atoms with Crippen molar-refractivity contribution in [1.29, 1.82) is 5.26 Å². The zero-order valence-electron chi connectivity index (χ0n) is 15.5. The third-order valence-electron chi connectivity index (χ3n) is 4.55. The van der Waals surface area contributed by atoms with Crippen LogP contribution in [-0.4, -0.2) is 12.6 Å². The Kier molecular flexibility index (Phi) is 8.42. The molecule has 1 atom stereocenters. The fourth-order valence-corrected chi connectivity index (χ4v) is 3.24. The number of hydrogen-bond donors (Lipinski definition) is 0. The Morgan fingerprint density at radius 3 is 2.46 bits per heavy atom. The van der Waals surface area contributed by atoms with E-state index in [0.29, 0.717) is 24.5 Å². The van der Waals surface area contributed by atoms with Crippen molar-refractivity contribution in [3.63, 3.8) is 0 Å². The summed E-state index contributed by atoms with van der Waals surface area (Å²) in [4.78, 5) is 11.4. The molecule has 0 heterocycles. The lowest BCUT2D eigenvalue weighted by Crippen LogP contribution is -2.03. The first-order valence-electron chi connectivity index (χ1n) is 9.45. The Hall–Kier alpha value is -2.60. The van der Waals surface area contributed by atoms with E-state index in [0.717, 1.165) is 32.1 Å². The SMILES string of the molecule is CCOC(=O)CCCCCCC(c1ccccc1)c1cccc(C#N)c1. The number of hydrogen-bond acceptors (Lipinski definition) is 3. The topological polar surface area (TPSA) is 50.1 Å². The summed E-state index contributed by atoms with van der Waals surface area (Å²) in [6.07, 6.45) is 5.68. The van der Waals surface area contributed by atoms with Gasteiger partial charge in [0.25, 0.3) is 0 Å². The van der Waals surface area contributed by atoms with Gasteiger partial charge in [-0.15, -0.1) is 0 Å². The van der Waals surface area contributed by atoms with E-state index in [-0.39, 0.29) is 5.97 Å². The van der Waals surface area contributed by atoms with E-state index in [1.807, 2.05) is 31.2 Å². The number of unbranched alkanes of at least 4 members (excludes halogenated alkanes) is 3. The number of esters is 1. The number of rotatable bonds is 10. The van der Waals surface area contributed by atoms with Crippen LogP contribution in [0, 0.1) is 11.3 Å². The van der Waals surface area contributed by atoms with E-state index < -0.39 is 0 Å². The van der Waals surface area contributed by atoms with Gasteiger partial charge in [0.1, 0.15) is 0 Å². The molecule has 0 bridgehead atoms. The zero-order valence-corrected chi connectivity index (χ0v) is 15.5. The summed E-state index contributed by atoms with van der Waals surface area (Å²) in [7, 11) is 0. The Bertz CT molecular complexity index is 718. The first kappa shape index (κ1) is 19.7. The molecule has 0 spiro atoms. The van der Waals surface area contributed by atoms with E-state index in [2.05, 4.69) is 36.4 Å². The molecule has 1 unspecified atom stereocenters. The van der Waals surface area contributed by atoms with Crippen molar-refractivity contribution >= 4 is 5.97 Å². The van der Waals surface area contributed by atoms with Gasteiger partial charge in [-0.2, -0.15) is 5.26 Å². The number of nitriles is 1. The minimum Gasteiger partial charge on any atom is -0.466 e. The third-order valence-corrected chi connectivity index (χ3v) is 4.55. The minimum absolute atomic E-state index is 0.0945. The van der Waals surface area contributed by atoms with Crippen LogP contribution in [0.25, 0.3) is 0 Å². The maximum atomic E-state index is 11.4. The molecule has 3 heteroatoms. The van der Waals surface area contributed by atoms with Crippen molar-refractivity contribution in [2.75, 3.05) is 6.61 Å². The van der Waals surface area contributed by atoms with Crippen LogP contribution in [0.15, 0.2) is 54.6 Å². The minimum atomic E-state index is -0.0945. The molecule has 3 nitrogen and oxygen atoms in total. The fourth-order valence-electron chi connectivity index (χ4n) is 3.24. The van der Waals surface area contributed by atoms with Gasteiger partial charge in [-0.25, -0.2) is 0 Å². The molecular weight excluding hydrogens is 322 g/mol. The summed E-state index contributed by atoms with van der Waals surface area (Å²) in [5, 5.41) is 9.18. The molecule has 0 saturated heterocycles. The summed E-state index contributed by atoms with van der Waals surface area (Å²) in [6, 6.07) is 20.6. The van der Waals surface area contributed by atoms with Gasteiger partial charge in [-0.05, 0) is 43.0 Å². The van der Waals surface area contributed by atoms with Crippen molar-refractivity contribution in [2.24, 2.45) is 0 Å². The van der Waals surface area contributed by atoms with Gasteiger partial charge in [0.2, 0.25) is 0 Å². The molecule has 0 aliphatic carbocycles. The zero-order chi connectivity index (χ0) is 18.6. The highest BCUT2D eigenvalue weighted by molar-refractivity contribution is 5.69. The molecule has 0 saturated carbocycles. The lowest BCUT2D eigenvalue weighted by atomic mass is 9.86. The quantitative estimate of drug-likeness (QED) is 0.415. The van der Waals surface area contributed by atoms with Crippen LogP contribution in [0.5, 0.6) is 0 Å². The van der Waals surface area contributed by atoms with Gasteiger partial charge in [0.05, 0.1) is 18.2 Å². The normalized spacial score (nSPS) is 11.5. The van der Waals surface area contributed by atoms with Gasteiger partial charge in [0.15, 0.2) is 0 Å². The molecule has 0 aliphatic heterocycles. The van der Waals surface area contributed by atoms with Crippen molar-refractivity contribution < 1.29 is 9.53 Å². The summed E-state index contributed by atoms with van der Waals surface area (Å²) >= 11 is 0. The Balaban J connectivity index is 1.92. The molecule has 26 heavy (non-hydrogen) atoms. The van der Waals surface area contributed by atoms with Gasteiger partial charge in [0, 0.05) is 12.3 Å². The van der Waals surface area contributed by atoms with E-state index in [1.54, 1.807) is 0 Å². The average Bonchev–Trinajstić information content (AvgIpc) is 2.68. The summed E-state index contributed by atoms with van der Waals surface area (Å²) in [5.41, 5.74) is 3.19. The number of carbonyl (C=O) groups is 1. The molecule has 2 aromatic rings. The predicted molar refractivity (Wildman–Crippen MR) is 104 cm³/mol. The second-order valence-electron chi connectivity index (χ2n) is 6.46. The largest absolute Gasteiger partial charge is 0.466 e. The predicted octanol–water partition coefficient (Wildman–Crippen LogP) is 5.59. The number of benzene rings is 2. The van der Waals surface area contributed by atoms with Crippen molar-refractivity contribution in [1.82, 2.24) is 0 Å². The van der Waals surface area contributed by atoms with Crippen molar-refractivity contribution in [2.45, 2.75) is 51.4 Å². The fraction of sp³-hybridized carbons (Fsp3) is 0.391. The van der Waals surface area contributed by atoms with Crippen molar-refractivity contribution in [3.8, 4) is 6.07 Å². The highest BCUT2D eigenvalue weighted by atomic mass is 16.5. The second kappa shape index (κ2) is 11.1. The van der Waals surface area contributed by atoms with Gasteiger partial charge in [-0.1, -0.05) is 61.7 Å². The van der Waals surface area contributed by atoms with Gasteiger partial charge in [-0.3, -0.25) is 4.79 Å². The summed E-state index contributed by atoms with van der Waals surface area (Å²) in [5.74, 6) is 0.206. The van der Waals surface area contributed by atoms with Crippen LogP contribution in [0.3, 0.4) is 0 Å². The van der Waals surface area contributed by atoms with Crippen LogP contribution in [0.2, 0.25) is 0 Å². The standard InChI is InChI=1S/C23H27NO2/c1-2-26-23(25)16-9-4-3-8-15-22(20-12-6-5-7-13-20)21-14-10-11-19(17-21)18-24/h5-7,10-14,17,22H,2-4,8-9,15-16H2,1H3. The Labute approximate surface area is 156 Å². The van der Waals surface area contributed by atoms with E-state index in [9.17, 15) is 10.1 Å². The number of nitrogens with zero attached hydrogens (tertiary/aromatic N) is 1. The molecule has 0 amide bonds. The molecule has 0 radical (unpaired) electrons. The molecule has 0 aliphatic rings. The van der Waals surface area contributed by atoms with E-state index >= 15 is 0 Å². The molecule has 0 N–H and O–H groups in total. The molecule has 2 aromatic carbocycles. The number of ether oxygens (including phenoxy) is 1. The first-order valence-corrected chi connectivity index (χ1v) is 9.45. The molecule has 0 aromatic heterocycles. The van der Waals surface area contributed by atoms with Crippen LogP contribution in [0.4, 0.5) is 0 Å². The monoisotopic (exact) mass is 349 g/mol. The van der Waals surface area contributed by atoms with Gasteiger partial charge >= 0.3 is 5.97 Å². The van der Waals surface area contributed by atoms with Crippen LogP contribution < -0.4 is 0 Å². The Morgan fingerprint density at radius 1 is 1.00 bits per heavy atom. The highest BCUT2D eigenvalue weighted by Crippen LogP contribution is 2.30. The maximum absolute atomic E-state index is 11.4. The number of carbonyl (C=O) groups excluding carboxylic acids is 1. The van der Waals surface area contributed by atoms with Crippen LogP contribution in [0.1, 0.15) is 68.1 Å². The summed E-state index contributed by atoms with van der Waals surface area (Å²) in [6.45, 7) is 2.29. The lowest BCUT2D eigenvalue weighted by molar-refractivity contribution is -0.143. The highest BCUT2D eigenvalue weighted by Gasteiger charge is 2.14. The third kappa shape index (κ3) is 6.37. The Morgan fingerprint density at radius 2 is 1.73 bits per heavy atom. The van der Waals surface area contributed by atoms with Crippen molar-refractivity contribution in [3.05, 3.63) is 71.3 Å². The molecule has 136 valence electrons. The molecule has 2 rings (SSSR count). The van der Waals surface area contributed by atoms with E-state index in [4.69, 9.17) is 4.74 Å². The second-order valence-corrected chi connectivity index (χ2v) is 6.46. The first-order chi connectivity index (χ1) is 12.7. The molecular formula is C23H27NO2. The average molecular weight is 349 g/mol.